The fourth-order valence-electron chi connectivity index (χ4n) is 2.66. The van der Waals surface area contributed by atoms with Gasteiger partial charge in [0.25, 0.3) is 5.91 Å². The third-order valence-electron chi connectivity index (χ3n) is 4.00. The molecule has 0 spiro atoms. The van der Waals surface area contributed by atoms with E-state index in [0.717, 1.165) is 25.3 Å². The minimum Gasteiger partial charge on any atom is -0.493 e. The van der Waals surface area contributed by atoms with Gasteiger partial charge >= 0.3 is 0 Å². The first kappa shape index (κ1) is 21.1. The van der Waals surface area contributed by atoms with Crippen molar-refractivity contribution in [1.82, 2.24) is 5.43 Å². The normalized spacial score (nSPS) is 10.9. The maximum atomic E-state index is 12.0. The lowest BCUT2D eigenvalue weighted by Crippen LogP contribution is -2.24. The maximum Gasteiger partial charge on any atom is 0.277 e. The minimum atomic E-state index is -0.364. The van der Waals surface area contributed by atoms with E-state index in [1.54, 1.807) is 26.4 Å². The highest BCUT2D eigenvalue weighted by Crippen LogP contribution is 2.35. The molecule has 0 radical (unpaired) electrons. The second kappa shape index (κ2) is 9.76. The van der Waals surface area contributed by atoms with Gasteiger partial charge in [0.05, 0.1) is 24.9 Å². The van der Waals surface area contributed by atoms with E-state index in [2.05, 4.69) is 42.4 Å². The van der Waals surface area contributed by atoms with Crippen molar-refractivity contribution in [3.8, 4) is 17.2 Å². The van der Waals surface area contributed by atoms with Crippen LogP contribution in [0, 0.1) is 0 Å². The van der Waals surface area contributed by atoms with Crippen LogP contribution in [-0.2, 0) is 4.79 Å². The van der Waals surface area contributed by atoms with E-state index in [1.165, 1.54) is 6.21 Å². The summed E-state index contributed by atoms with van der Waals surface area (Å²) in [6.07, 6.45) is 1.51. The van der Waals surface area contributed by atoms with Crippen molar-refractivity contribution in [3.05, 3.63) is 63.0 Å². The molecule has 150 valence electrons. The monoisotopic (exact) mass is 520 g/mol. The first-order chi connectivity index (χ1) is 14.0. The SMILES string of the molecule is COc1cc(C=NNC(=O)COc2ccc3cc(Br)ccc3c2)cc(Br)c1OC. The van der Waals surface area contributed by atoms with Crippen LogP contribution in [0.3, 0.4) is 0 Å². The van der Waals surface area contributed by atoms with Crippen molar-refractivity contribution < 1.29 is 19.0 Å². The molecule has 0 saturated heterocycles. The molecule has 1 N–H and O–H groups in total. The molecule has 29 heavy (non-hydrogen) atoms. The van der Waals surface area contributed by atoms with Crippen LogP contribution < -0.4 is 19.6 Å². The molecule has 3 aromatic carbocycles. The Morgan fingerprint density at radius 1 is 1.03 bits per heavy atom. The summed E-state index contributed by atoms with van der Waals surface area (Å²) >= 11 is 6.86. The Labute approximate surface area is 185 Å². The van der Waals surface area contributed by atoms with Gasteiger partial charge in [0.1, 0.15) is 5.75 Å². The van der Waals surface area contributed by atoms with Gasteiger partial charge in [-0.15, -0.1) is 0 Å². The van der Waals surface area contributed by atoms with E-state index in [4.69, 9.17) is 14.2 Å². The van der Waals surface area contributed by atoms with Crippen molar-refractivity contribution in [2.45, 2.75) is 0 Å². The fourth-order valence-corrected chi connectivity index (χ4v) is 3.66. The van der Waals surface area contributed by atoms with E-state index in [1.807, 2.05) is 36.4 Å². The third-order valence-corrected chi connectivity index (χ3v) is 5.08. The molecule has 0 aliphatic heterocycles. The number of hydrogen-bond acceptors (Lipinski definition) is 5. The molecule has 6 nitrogen and oxygen atoms in total. The number of benzene rings is 3. The van der Waals surface area contributed by atoms with Crippen molar-refractivity contribution in [3.63, 3.8) is 0 Å². The number of carbonyl (C=O) groups is 1. The number of fused-ring (bicyclic) bond motifs is 1. The molecular weight excluding hydrogens is 504 g/mol. The minimum absolute atomic E-state index is 0.144. The summed E-state index contributed by atoms with van der Waals surface area (Å²) in [5.41, 5.74) is 3.18. The Hall–Kier alpha value is -2.58. The second-order valence-corrected chi connectivity index (χ2v) is 7.74. The summed E-state index contributed by atoms with van der Waals surface area (Å²) in [7, 11) is 3.11. The van der Waals surface area contributed by atoms with Crippen LogP contribution in [0.15, 0.2) is 62.6 Å². The summed E-state index contributed by atoms with van der Waals surface area (Å²) in [4.78, 5) is 12.0. The molecule has 0 atom stereocenters. The van der Waals surface area contributed by atoms with Crippen LogP contribution in [0.2, 0.25) is 0 Å². The van der Waals surface area contributed by atoms with Gasteiger partial charge in [-0.25, -0.2) is 5.43 Å². The quantitative estimate of drug-likeness (QED) is 0.354. The van der Waals surface area contributed by atoms with E-state index in [0.29, 0.717) is 17.2 Å². The summed E-state index contributed by atoms with van der Waals surface area (Å²) < 4.78 is 17.8. The number of methoxy groups -OCH3 is 2. The lowest BCUT2D eigenvalue weighted by atomic mass is 10.1. The molecule has 0 aliphatic rings. The Balaban J connectivity index is 1.57. The Morgan fingerprint density at radius 2 is 1.79 bits per heavy atom. The van der Waals surface area contributed by atoms with Crippen LogP contribution in [0.4, 0.5) is 0 Å². The molecule has 0 fully saturated rings. The number of rotatable bonds is 7. The van der Waals surface area contributed by atoms with E-state index < -0.39 is 0 Å². The number of nitrogens with one attached hydrogen (secondary N) is 1. The van der Waals surface area contributed by atoms with Gasteiger partial charge < -0.3 is 14.2 Å². The Morgan fingerprint density at radius 3 is 2.55 bits per heavy atom. The number of ether oxygens (including phenoxy) is 3. The van der Waals surface area contributed by atoms with Crippen LogP contribution >= 0.6 is 31.9 Å². The second-order valence-electron chi connectivity index (χ2n) is 5.97. The van der Waals surface area contributed by atoms with Crippen LogP contribution in [0.25, 0.3) is 10.8 Å². The van der Waals surface area contributed by atoms with Crippen LogP contribution in [0.5, 0.6) is 17.2 Å². The molecule has 0 saturated carbocycles. The van der Waals surface area contributed by atoms with Gasteiger partial charge in [-0.2, -0.15) is 5.10 Å². The molecular formula is C21H18Br2N2O4. The maximum absolute atomic E-state index is 12.0. The lowest BCUT2D eigenvalue weighted by Gasteiger charge is -2.10. The molecule has 0 aromatic heterocycles. The molecule has 0 aliphatic carbocycles. The molecule has 8 heteroatoms. The predicted octanol–water partition coefficient (Wildman–Crippen LogP) is 4.91. The van der Waals surface area contributed by atoms with Crippen LogP contribution in [-0.4, -0.2) is 32.9 Å². The average molecular weight is 522 g/mol. The zero-order valence-electron chi connectivity index (χ0n) is 15.7. The van der Waals surface area contributed by atoms with Crippen LogP contribution in [0.1, 0.15) is 5.56 Å². The largest absolute Gasteiger partial charge is 0.493 e. The summed E-state index contributed by atoms with van der Waals surface area (Å²) in [5, 5.41) is 6.07. The molecule has 1 amide bonds. The molecule has 0 bridgehead atoms. The summed E-state index contributed by atoms with van der Waals surface area (Å²) in [6, 6.07) is 15.2. The lowest BCUT2D eigenvalue weighted by molar-refractivity contribution is -0.123. The number of hydrazone groups is 1. The summed E-state index contributed by atoms with van der Waals surface area (Å²) in [6.45, 7) is -0.144. The number of carbonyl (C=O) groups excluding carboxylic acids is 1. The van der Waals surface area contributed by atoms with E-state index in [-0.39, 0.29) is 12.5 Å². The number of halogens is 2. The number of hydrogen-bond donors (Lipinski definition) is 1. The van der Waals surface area contributed by atoms with Crippen molar-refractivity contribution >= 4 is 54.8 Å². The third kappa shape index (κ3) is 5.48. The van der Waals surface area contributed by atoms with Gasteiger partial charge in [0.2, 0.25) is 0 Å². The highest BCUT2D eigenvalue weighted by molar-refractivity contribution is 9.10. The zero-order chi connectivity index (χ0) is 20.8. The van der Waals surface area contributed by atoms with Gasteiger partial charge in [-0.3, -0.25) is 4.79 Å². The standard InChI is InChI=1S/C21H18Br2N2O4/c1-27-19-8-13(7-18(23)21(19)28-2)11-24-25-20(26)12-29-17-6-4-14-9-16(22)5-3-15(14)10-17/h3-11H,12H2,1-2H3,(H,25,26). The highest BCUT2D eigenvalue weighted by atomic mass is 79.9. The molecule has 3 aromatic rings. The number of nitrogens with zero attached hydrogens (tertiary/aromatic N) is 1. The zero-order valence-corrected chi connectivity index (χ0v) is 18.9. The number of amides is 1. The van der Waals surface area contributed by atoms with Gasteiger partial charge in [0.15, 0.2) is 18.1 Å². The van der Waals surface area contributed by atoms with Gasteiger partial charge in [0, 0.05) is 4.47 Å². The molecule has 3 rings (SSSR count). The van der Waals surface area contributed by atoms with E-state index in [9.17, 15) is 4.79 Å². The highest BCUT2D eigenvalue weighted by Gasteiger charge is 2.09. The smallest absolute Gasteiger partial charge is 0.277 e. The Kier molecular flexibility index (Phi) is 7.11. The van der Waals surface area contributed by atoms with Gasteiger partial charge in [-0.05, 0) is 68.7 Å². The topological polar surface area (TPSA) is 69.2 Å². The average Bonchev–Trinajstić information content (AvgIpc) is 2.71. The van der Waals surface area contributed by atoms with Crippen molar-refractivity contribution in [1.29, 1.82) is 0 Å². The first-order valence-corrected chi connectivity index (χ1v) is 10.1. The van der Waals surface area contributed by atoms with Gasteiger partial charge in [-0.1, -0.05) is 28.1 Å². The van der Waals surface area contributed by atoms with E-state index >= 15 is 0 Å². The fraction of sp³-hybridized carbons (Fsp3) is 0.143. The Bertz CT molecular complexity index is 1070. The van der Waals surface area contributed by atoms with Crippen molar-refractivity contribution in [2.24, 2.45) is 5.10 Å². The molecule has 0 unspecified atom stereocenters. The first-order valence-electron chi connectivity index (χ1n) is 8.55. The molecule has 0 heterocycles. The predicted molar refractivity (Wildman–Crippen MR) is 120 cm³/mol. The van der Waals surface area contributed by atoms with Crippen molar-refractivity contribution in [2.75, 3.05) is 20.8 Å². The summed E-state index contributed by atoms with van der Waals surface area (Å²) in [5.74, 6) is 1.39.